The number of phenolic OH excluding ortho intramolecular Hbond substituents is 6. The monoisotopic (exact) mass is 472 g/mol. The van der Waals surface area contributed by atoms with Crippen molar-refractivity contribution in [2.75, 3.05) is 0 Å². The predicted molar refractivity (Wildman–Crippen MR) is 123 cm³/mol. The third kappa shape index (κ3) is 4.36. The molecule has 3 aromatic carbocycles. The maximum Gasteiger partial charge on any atom is 0.407 e. The lowest BCUT2D eigenvalue weighted by Gasteiger charge is -2.25. The van der Waals surface area contributed by atoms with Crippen LogP contribution in [0.15, 0.2) is 18.2 Å². The van der Waals surface area contributed by atoms with Gasteiger partial charge in [-0.25, -0.2) is 0 Å². The molecule has 182 valence electrons. The molecule has 0 heterocycles. The van der Waals surface area contributed by atoms with E-state index < -0.39 is 6.48 Å². The Kier molecular flexibility index (Phi) is 6.49. The molecule has 9 heteroatoms. The Balaban J connectivity index is 2.12. The molecule has 3 rings (SSSR count). The molecule has 9 nitrogen and oxygen atoms in total. The van der Waals surface area contributed by atoms with Crippen molar-refractivity contribution in [3.05, 3.63) is 51.6 Å². The molecular formula is C25H28O9. The maximum absolute atomic E-state index is 10.4. The highest BCUT2D eigenvalue weighted by Crippen LogP contribution is 2.44. The molecule has 3 aromatic rings. The van der Waals surface area contributed by atoms with Gasteiger partial charge in [-0.15, -0.1) is 0 Å². The Hall–Kier alpha value is -4.14. The Morgan fingerprint density at radius 1 is 0.471 bits per heavy atom. The van der Waals surface area contributed by atoms with Crippen LogP contribution in [0.25, 0.3) is 0 Å². The lowest BCUT2D eigenvalue weighted by molar-refractivity contribution is -0.143. The highest BCUT2D eigenvalue weighted by Gasteiger charge is 2.27. The van der Waals surface area contributed by atoms with Crippen LogP contribution in [-0.2, 0) is 0 Å². The minimum Gasteiger partial charge on any atom is -0.507 e. The summed E-state index contributed by atoms with van der Waals surface area (Å²) >= 11 is 0. The quantitative estimate of drug-likeness (QED) is 0.224. The SMILES string of the molecule is Cc1cc(O)c(OC(Oc2c(O)cc(C)c(O)c2C)Oc2c(O)cc(C)c(O)c2C)c(C)c1O. The first-order chi connectivity index (χ1) is 15.8. The van der Waals surface area contributed by atoms with Gasteiger partial charge in [0, 0.05) is 16.7 Å². The van der Waals surface area contributed by atoms with Crippen LogP contribution in [-0.4, -0.2) is 37.1 Å². The third-order valence-electron chi connectivity index (χ3n) is 5.61. The minimum atomic E-state index is -1.75. The third-order valence-corrected chi connectivity index (χ3v) is 5.61. The molecule has 0 fully saturated rings. The molecule has 0 bridgehead atoms. The van der Waals surface area contributed by atoms with Crippen LogP contribution >= 0.6 is 0 Å². The second-order valence-corrected chi connectivity index (χ2v) is 8.19. The van der Waals surface area contributed by atoms with Gasteiger partial charge in [0.1, 0.15) is 17.2 Å². The Labute approximate surface area is 196 Å². The van der Waals surface area contributed by atoms with Gasteiger partial charge in [0.15, 0.2) is 34.5 Å². The van der Waals surface area contributed by atoms with Crippen molar-refractivity contribution < 1.29 is 44.8 Å². The van der Waals surface area contributed by atoms with Gasteiger partial charge in [-0.1, -0.05) is 0 Å². The Morgan fingerprint density at radius 2 is 0.706 bits per heavy atom. The van der Waals surface area contributed by atoms with Crippen molar-refractivity contribution in [1.29, 1.82) is 0 Å². The van der Waals surface area contributed by atoms with Gasteiger partial charge in [0.05, 0.1) is 0 Å². The van der Waals surface area contributed by atoms with E-state index in [1.807, 2.05) is 0 Å². The summed E-state index contributed by atoms with van der Waals surface area (Å²) in [6.07, 6.45) is 0. The molecule has 0 radical (unpaired) electrons. The summed E-state index contributed by atoms with van der Waals surface area (Å²) in [5.41, 5.74) is 1.80. The molecule has 34 heavy (non-hydrogen) atoms. The van der Waals surface area contributed by atoms with Crippen LogP contribution in [0.3, 0.4) is 0 Å². The van der Waals surface area contributed by atoms with Gasteiger partial charge in [-0.2, -0.15) is 0 Å². The lowest BCUT2D eigenvalue weighted by Crippen LogP contribution is -2.31. The molecule has 0 aliphatic carbocycles. The molecule has 0 saturated heterocycles. The second kappa shape index (κ2) is 9.01. The summed E-state index contributed by atoms with van der Waals surface area (Å²) in [4.78, 5) is 0. The van der Waals surface area contributed by atoms with E-state index in [9.17, 15) is 30.6 Å². The zero-order valence-corrected chi connectivity index (χ0v) is 19.7. The topological polar surface area (TPSA) is 149 Å². The van der Waals surface area contributed by atoms with Crippen molar-refractivity contribution in [3.8, 4) is 51.7 Å². The molecule has 0 spiro atoms. The average molecular weight is 472 g/mol. The van der Waals surface area contributed by atoms with Gasteiger partial charge >= 0.3 is 6.48 Å². The number of hydrogen-bond donors (Lipinski definition) is 6. The number of phenols is 6. The smallest absolute Gasteiger partial charge is 0.407 e. The summed E-state index contributed by atoms with van der Waals surface area (Å²) in [7, 11) is 0. The highest BCUT2D eigenvalue weighted by molar-refractivity contribution is 5.58. The molecule has 0 aliphatic heterocycles. The van der Waals surface area contributed by atoms with Crippen molar-refractivity contribution in [2.45, 2.75) is 48.0 Å². The number of aryl methyl sites for hydroxylation is 3. The normalized spacial score (nSPS) is 11.0. The summed E-state index contributed by atoms with van der Waals surface area (Å²) in [6.45, 7) is 7.58. The van der Waals surface area contributed by atoms with Crippen LogP contribution in [0.2, 0.25) is 0 Å². The van der Waals surface area contributed by atoms with E-state index in [-0.39, 0.29) is 68.4 Å². The van der Waals surface area contributed by atoms with Crippen molar-refractivity contribution in [2.24, 2.45) is 0 Å². The van der Waals surface area contributed by atoms with Gasteiger partial charge in [0.2, 0.25) is 0 Å². The standard InChI is InChI=1S/C25H28O9/c1-10-7-16(26)22(13(4)19(10)29)32-25(33-23-14(5)20(30)11(2)8-17(23)27)34-24-15(6)21(31)12(3)9-18(24)28/h7-9,25-31H,1-6H3. The second-order valence-electron chi connectivity index (χ2n) is 8.19. The first kappa shape index (κ1) is 24.5. The molecule has 0 unspecified atom stereocenters. The lowest BCUT2D eigenvalue weighted by atomic mass is 10.1. The number of benzene rings is 3. The molecule has 0 aliphatic rings. The van der Waals surface area contributed by atoms with E-state index >= 15 is 0 Å². The summed E-state index contributed by atoms with van der Waals surface area (Å²) in [5, 5.41) is 62.2. The Bertz CT molecular complexity index is 1110. The molecule has 0 amide bonds. The van der Waals surface area contributed by atoms with Gasteiger partial charge in [-0.3, -0.25) is 0 Å². The van der Waals surface area contributed by atoms with E-state index in [1.165, 1.54) is 39.0 Å². The van der Waals surface area contributed by atoms with Crippen LogP contribution in [0.4, 0.5) is 0 Å². The largest absolute Gasteiger partial charge is 0.507 e. The van der Waals surface area contributed by atoms with E-state index in [1.54, 1.807) is 20.8 Å². The minimum absolute atomic E-state index is 0.120. The van der Waals surface area contributed by atoms with Gasteiger partial charge in [-0.05, 0) is 76.4 Å². The molecule has 0 aromatic heterocycles. The zero-order valence-electron chi connectivity index (χ0n) is 19.7. The predicted octanol–water partition coefficient (Wildman–Crippen LogP) is 4.59. The number of hydrogen-bond acceptors (Lipinski definition) is 9. The molecular weight excluding hydrogens is 444 g/mol. The Morgan fingerprint density at radius 3 is 0.941 bits per heavy atom. The van der Waals surface area contributed by atoms with E-state index in [4.69, 9.17) is 14.2 Å². The number of rotatable bonds is 6. The number of aromatic hydroxyl groups is 6. The first-order valence-electron chi connectivity index (χ1n) is 10.4. The fourth-order valence-electron chi connectivity index (χ4n) is 3.61. The van der Waals surface area contributed by atoms with Gasteiger partial charge in [0.25, 0.3) is 0 Å². The van der Waals surface area contributed by atoms with Crippen LogP contribution in [0.1, 0.15) is 33.4 Å². The van der Waals surface area contributed by atoms with E-state index in [0.29, 0.717) is 16.7 Å². The fourth-order valence-corrected chi connectivity index (χ4v) is 3.61. The van der Waals surface area contributed by atoms with Crippen molar-refractivity contribution >= 4 is 0 Å². The molecule has 0 atom stereocenters. The first-order valence-corrected chi connectivity index (χ1v) is 10.4. The van der Waals surface area contributed by atoms with Crippen molar-refractivity contribution in [1.82, 2.24) is 0 Å². The zero-order chi connectivity index (χ0) is 25.5. The van der Waals surface area contributed by atoms with Crippen LogP contribution in [0.5, 0.6) is 51.7 Å². The van der Waals surface area contributed by atoms with Crippen LogP contribution in [0, 0.1) is 41.5 Å². The fraction of sp³-hybridized carbons (Fsp3) is 0.280. The highest BCUT2D eigenvalue weighted by atomic mass is 16.8. The summed E-state index contributed by atoms with van der Waals surface area (Å²) in [5.74, 6) is -1.82. The van der Waals surface area contributed by atoms with Crippen LogP contribution < -0.4 is 14.2 Å². The average Bonchev–Trinajstić information content (AvgIpc) is 2.77. The van der Waals surface area contributed by atoms with Gasteiger partial charge < -0.3 is 44.8 Å². The van der Waals surface area contributed by atoms with E-state index in [0.717, 1.165) is 0 Å². The van der Waals surface area contributed by atoms with E-state index in [2.05, 4.69) is 0 Å². The maximum atomic E-state index is 10.4. The van der Waals surface area contributed by atoms with Crippen molar-refractivity contribution in [3.63, 3.8) is 0 Å². The molecule has 6 N–H and O–H groups in total. The number of ether oxygens (including phenoxy) is 3. The molecule has 0 saturated carbocycles. The summed E-state index contributed by atoms with van der Waals surface area (Å²) in [6, 6.07) is 3.86. The summed E-state index contributed by atoms with van der Waals surface area (Å²) < 4.78 is 17.2.